The Bertz CT molecular complexity index is 1320. The van der Waals surface area contributed by atoms with Crippen molar-refractivity contribution in [1.29, 1.82) is 0 Å². The van der Waals surface area contributed by atoms with Gasteiger partial charge in [-0.2, -0.15) is 0 Å². The lowest BCUT2D eigenvalue weighted by Gasteiger charge is -2.24. The summed E-state index contributed by atoms with van der Waals surface area (Å²) < 4.78 is 28.2. The minimum atomic E-state index is -4.11. The molecule has 7 nitrogen and oxygen atoms in total. The third-order valence-corrected chi connectivity index (χ3v) is 6.54. The summed E-state index contributed by atoms with van der Waals surface area (Å²) >= 11 is 0. The molecule has 3 aromatic rings. The van der Waals surface area contributed by atoms with Gasteiger partial charge >= 0.3 is 0 Å². The Balaban J connectivity index is 1.91. The van der Waals surface area contributed by atoms with Gasteiger partial charge in [0.25, 0.3) is 10.0 Å². The van der Waals surface area contributed by atoms with Gasteiger partial charge in [-0.15, -0.1) is 0 Å². The number of anilines is 1. The highest BCUT2D eigenvalue weighted by atomic mass is 32.2. The quantitative estimate of drug-likeness (QED) is 0.673. The van der Waals surface area contributed by atoms with Crippen LogP contribution in [0.4, 0.5) is 5.69 Å². The number of allylic oxidation sites excluding steroid dienone is 2. The van der Waals surface area contributed by atoms with Crippen LogP contribution >= 0.6 is 0 Å². The van der Waals surface area contributed by atoms with Crippen molar-refractivity contribution in [1.82, 2.24) is 3.97 Å². The molecule has 2 N–H and O–H groups in total. The van der Waals surface area contributed by atoms with Gasteiger partial charge in [-0.3, -0.25) is 9.59 Å². The first-order valence-electron chi connectivity index (χ1n) is 9.10. The molecule has 0 bridgehead atoms. The molecule has 0 saturated carbocycles. The third-order valence-electron chi connectivity index (χ3n) is 4.79. The highest BCUT2D eigenvalue weighted by Crippen LogP contribution is 2.35. The maximum atomic E-state index is 13.6. The van der Waals surface area contributed by atoms with Crippen LogP contribution in [0.15, 0.2) is 83.8 Å². The number of rotatable bonds is 4. The molecule has 0 unspecified atom stereocenters. The van der Waals surface area contributed by atoms with Gasteiger partial charge in [-0.25, -0.2) is 12.4 Å². The van der Waals surface area contributed by atoms with E-state index in [4.69, 9.17) is 0 Å². The van der Waals surface area contributed by atoms with Crippen molar-refractivity contribution in [2.24, 2.45) is 0 Å². The van der Waals surface area contributed by atoms with E-state index in [2.05, 4.69) is 5.32 Å². The van der Waals surface area contributed by atoms with E-state index in [-0.39, 0.29) is 22.3 Å². The van der Waals surface area contributed by atoms with Crippen LogP contribution in [0, 0.1) is 0 Å². The largest absolute Gasteiger partial charge is 0.376 e. The van der Waals surface area contributed by atoms with E-state index in [1.165, 1.54) is 55.5 Å². The third kappa shape index (κ3) is 3.36. The summed E-state index contributed by atoms with van der Waals surface area (Å²) in [7, 11) is -4.11. The number of fused-ring (bicyclic) bond motifs is 1. The molecule has 0 spiro atoms. The molecule has 0 aliphatic heterocycles. The van der Waals surface area contributed by atoms with E-state index < -0.39 is 15.6 Å². The molecule has 1 aromatic heterocycles. The predicted molar refractivity (Wildman–Crippen MR) is 112 cm³/mol. The van der Waals surface area contributed by atoms with Gasteiger partial charge < -0.3 is 10.4 Å². The first kappa shape index (κ1) is 19.8. The number of nitrogens with zero attached hydrogens (tertiary/aromatic N) is 1. The van der Waals surface area contributed by atoms with Gasteiger partial charge in [-0.1, -0.05) is 18.2 Å². The number of nitrogens with one attached hydrogen (secondary N) is 1. The number of aromatic nitrogens is 1. The van der Waals surface area contributed by atoms with Gasteiger partial charge in [0, 0.05) is 18.0 Å². The summed E-state index contributed by atoms with van der Waals surface area (Å²) in [5.74, 6) is -0.560. The highest BCUT2D eigenvalue weighted by molar-refractivity contribution is 7.90. The van der Waals surface area contributed by atoms with E-state index >= 15 is 0 Å². The molecule has 8 heteroatoms. The van der Waals surface area contributed by atoms with E-state index in [1.54, 1.807) is 30.3 Å². The van der Waals surface area contributed by atoms with Crippen molar-refractivity contribution in [2.45, 2.75) is 17.4 Å². The fourth-order valence-corrected chi connectivity index (χ4v) is 4.96. The van der Waals surface area contributed by atoms with E-state index in [0.717, 1.165) is 3.97 Å². The van der Waals surface area contributed by atoms with Crippen LogP contribution in [-0.2, 0) is 25.2 Å². The molecular formula is C22H18N2O5S. The summed E-state index contributed by atoms with van der Waals surface area (Å²) in [6.07, 6.45) is 4.96. The smallest absolute Gasteiger partial charge is 0.268 e. The van der Waals surface area contributed by atoms with Gasteiger partial charge in [0.2, 0.25) is 5.91 Å². The molecule has 0 atom stereocenters. The van der Waals surface area contributed by atoms with Crippen LogP contribution in [0.1, 0.15) is 12.6 Å². The standard InChI is InChI=1S/C22H18N2O5S/c1-15(25)23-17-6-8-19(9-7-17)30(28,29)24-20-5-3-2-4-16(20)14-21(24)22(27)12-10-18(26)11-13-22/h2-14,27H,1H3,(H,23,25). The lowest BCUT2D eigenvalue weighted by atomic mass is 9.94. The molecule has 4 rings (SSSR count). The maximum absolute atomic E-state index is 13.6. The lowest BCUT2D eigenvalue weighted by molar-refractivity contribution is -0.114. The van der Waals surface area contributed by atoms with Crippen LogP contribution < -0.4 is 5.32 Å². The average molecular weight is 422 g/mol. The Morgan fingerprint density at radius 1 is 1.03 bits per heavy atom. The van der Waals surface area contributed by atoms with E-state index in [0.29, 0.717) is 16.6 Å². The Labute approximate surface area is 173 Å². The zero-order chi connectivity index (χ0) is 21.5. The second-order valence-corrected chi connectivity index (χ2v) is 8.74. The number of ketones is 1. The first-order valence-corrected chi connectivity index (χ1v) is 10.5. The summed E-state index contributed by atoms with van der Waals surface area (Å²) in [4.78, 5) is 22.7. The van der Waals surface area contributed by atoms with Crippen LogP contribution in [0.2, 0.25) is 0 Å². The zero-order valence-electron chi connectivity index (χ0n) is 15.9. The Morgan fingerprint density at radius 3 is 2.30 bits per heavy atom. The van der Waals surface area contributed by atoms with Gasteiger partial charge in [0.15, 0.2) is 5.78 Å². The van der Waals surface area contributed by atoms with Gasteiger partial charge in [0.05, 0.1) is 16.1 Å². The molecular weight excluding hydrogens is 404 g/mol. The van der Waals surface area contributed by atoms with Crippen molar-refractivity contribution in [2.75, 3.05) is 5.32 Å². The predicted octanol–water partition coefficient (Wildman–Crippen LogP) is 2.72. The monoisotopic (exact) mass is 422 g/mol. The lowest BCUT2D eigenvalue weighted by Crippen LogP contribution is -2.29. The van der Waals surface area contributed by atoms with Crippen LogP contribution in [0.5, 0.6) is 0 Å². The molecule has 1 aliphatic carbocycles. The Hall–Kier alpha value is -3.49. The SMILES string of the molecule is CC(=O)Nc1ccc(S(=O)(=O)n2c(C3(O)C=CC(=O)C=C3)cc3ccccc32)cc1. The molecule has 1 amide bonds. The topological polar surface area (TPSA) is 105 Å². The molecule has 30 heavy (non-hydrogen) atoms. The number of benzene rings is 2. The molecule has 0 saturated heterocycles. The maximum Gasteiger partial charge on any atom is 0.268 e. The zero-order valence-corrected chi connectivity index (χ0v) is 16.8. The van der Waals surface area contributed by atoms with Crippen LogP contribution in [-0.4, -0.2) is 29.2 Å². The minimum absolute atomic E-state index is 0.0114. The normalized spacial score (nSPS) is 15.5. The summed E-state index contributed by atoms with van der Waals surface area (Å²) in [6, 6.07) is 14.2. The molecule has 1 aliphatic rings. The Morgan fingerprint density at radius 2 is 1.67 bits per heavy atom. The Kier molecular flexibility index (Phi) is 4.68. The second-order valence-electron chi connectivity index (χ2n) is 6.96. The van der Waals surface area contributed by atoms with Crippen molar-refractivity contribution < 1.29 is 23.1 Å². The van der Waals surface area contributed by atoms with Crippen molar-refractivity contribution in [3.05, 3.63) is 84.6 Å². The van der Waals surface area contributed by atoms with Crippen LogP contribution in [0.3, 0.4) is 0 Å². The van der Waals surface area contributed by atoms with Gasteiger partial charge in [0.1, 0.15) is 5.60 Å². The fraction of sp³-hybridized carbons (Fsp3) is 0.0909. The summed E-state index contributed by atoms with van der Waals surface area (Å²) in [5, 5.41) is 14.4. The second kappa shape index (κ2) is 7.08. The van der Waals surface area contributed by atoms with Gasteiger partial charge in [-0.05, 0) is 60.7 Å². The average Bonchev–Trinajstić information content (AvgIpc) is 3.12. The number of para-hydroxylation sites is 1. The number of hydrogen-bond acceptors (Lipinski definition) is 5. The summed E-state index contributed by atoms with van der Waals surface area (Å²) in [5.41, 5.74) is -0.814. The minimum Gasteiger partial charge on any atom is -0.376 e. The van der Waals surface area contributed by atoms with Crippen molar-refractivity contribution in [3.63, 3.8) is 0 Å². The molecule has 0 fully saturated rings. The fourth-order valence-electron chi connectivity index (χ4n) is 3.39. The number of carbonyl (C=O) groups is 2. The molecule has 152 valence electrons. The molecule has 0 radical (unpaired) electrons. The molecule has 1 heterocycles. The number of hydrogen-bond donors (Lipinski definition) is 2. The highest BCUT2D eigenvalue weighted by Gasteiger charge is 2.34. The van der Waals surface area contributed by atoms with Crippen LogP contribution in [0.25, 0.3) is 10.9 Å². The molecule has 2 aromatic carbocycles. The number of carbonyl (C=O) groups excluding carboxylic acids is 2. The van der Waals surface area contributed by atoms with Crippen molar-refractivity contribution >= 4 is 38.3 Å². The number of amides is 1. The number of aliphatic hydroxyl groups is 1. The van der Waals surface area contributed by atoms with Crippen molar-refractivity contribution in [3.8, 4) is 0 Å². The first-order chi connectivity index (χ1) is 14.2. The summed E-state index contributed by atoms with van der Waals surface area (Å²) in [6.45, 7) is 1.36. The van der Waals surface area contributed by atoms with E-state index in [9.17, 15) is 23.1 Å². The van der Waals surface area contributed by atoms with E-state index in [1.807, 2.05) is 0 Å².